The number of halogens is 2. The maximum Gasteiger partial charge on any atom is 0.343 e. The Kier molecular flexibility index (Phi) is 6.93. The number of carbonyl (C=O) groups is 2. The first-order chi connectivity index (χ1) is 18.8. The van der Waals surface area contributed by atoms with Crippen LogP contribution >= 0.6 is 0 Å². The molecule has 1 unspecified atom stereocenters. The molecule has 11 heteroatoms. The minimum Gasteiger partial charge on any atom is -0.365 e. The third-order valence-corrected chi connectivity index (χ3v) is 6.27. The highest BCUT2D eigenvalue weighted by molar-refractivity contribution is 6.21. The van der Waals surface area contributed by atoms with Crippen LogP contribution in [-0.2, 0) is 6.54 Å². The largest absolute Gasteiger partial charge is 0.365 e. The maximum absolute atomic E-state index is 15.0. The van der Waals surface area contributed by atoms with E-state index in [1.807, 2.05) is 6.07 Å². The van der Waals surface area contributed by atoms with Crippen molar-refractivity contribution in [2.75, 3.05) is 5.32 Å². The fraction of sp³-hybridized carbons (Fsp3) is 0.143. The minimum atomic E-state index is -0.500. The summed E-state index contributed by atoms with van der Waals surface area (Å²) in [6.07, 6.45) is 4.60. The molecule has 5 rings (SSSR count). The van der Waals surface area contributed by atoms with Gasteiger partial charge in [0.25, 0.3) is 5.91 Å². The second kappa shape index (κ2) is 10.6. The zero-order valence-electron chi connectivity index (χ0n) is 20.6. The molecule has 0 aliphatic carbocycles. The SMILES string of the molecule is C[C@H](NC(=O)c1cc(C#N)cnc1NCc1ccc(C2=CC3NC(=O)N=C3N=C2)cc1F)c1ccc(F)cc1. The summed E-state index contributed by atoms with van der Waals surface area (Å²) in [5, 5.41) is 17.7. The number of aromatic nitrogens is 1. The van der Waals surface area contributed by atoms with Gasteiger partial charge in [-0.05, 0) is 54.0 Å². The van der Waals surface area contributed by atoms with Crippen LogP contribution in [0.2, 0.25) is 0 Å². The highest BCUT2D eigenvalue weighted by atomic mass is 19.1. The number of benzene rings is 2. The Balaban J connectivity index is 1.31. The molecule has 0 fully saturated rings. The van der Waals surface area contributed by atoms with E-state index in [9.17, 15) is 19.2 Å². The van der Waals surface area contributed by atoms with Crippen LogP contribution in [0.15, 0.2) is 70.8 Å². The lowest BCUT2D eigenvalue weighted by Gasteiger charge is -2.17. The van der Waals surface area contributed by atoms with Gasteiger partial charge in [-0.3, -0.25) is 4.79 Å². The highest BCUT2D eigenvalue weighted by Gasteiger charge is 2.26. The molecular formula is C28H21F2N7O2. The molecule has 0 spiro atoms. The monoisotopic (exact) mass is 525 g/mol. The number of amides is 3. The lowest BCUT2D eigenvalue weighted by Crippen LogP contribution is -2.31. The molecule has 2 aliphatic rings. The third kappa shape index (κ3) is 5.55. The van der Waals surface area contributed by atoms with Gasteiger partial charge in [0.2, 0.25) is 0 Å². The summed E-state index contributed by atoms with van der Waals surface area (Å²) in [5.41, 5.74) is 2.53. The normalized spacial score (nSPS) is 16.4. The number of carbonyl (C=O) groups excluding carboxylic acids is 2. The molecule has 0 bridgehead atoms. The number of anilines is 1. The van der Waals surface area contributed by atoms with Gasteiger partial charge in [0.1, 0.15) is 29.6 Å². The zero-order chi connectivity index (χ0) is 27.5. The summed E-state index contributed by atoms with van der Waals surface area (Å²) in [4.78, 5) is 36.6. The molecule has 0 saturated heterocycles. The van der Waals surface area contributed by atoms with Crippen molar-refractivity contribution in [2.24, 2.45) is 9.98 Å². The molecular weight excluding hydrogens is 504 g/mol. The molecule has 39 heavy (non-hydrogen) atoms. The molecule has 2 atom stereocenters. The number of hydrogen-bond donors (Lipinski definition) is 3. The van der Waals surface area contributed by atoms with E-state index >= 15 is 4.39 Å². The second-order valence-corrected chi connectivity index (χ2v) is 8.92. The Morgan fingerprint density at radius 2 is 1.97 bits per heavy atom. The topological polar surface area (TPSA) is 132 Å². The van der Waals surface area contributed by atoms with Gasteiger partial charge in [0.05, 0.1) is 17.2 Å². The Morgan fingerprint density at radius 3 is 2.72 bits per heavy atom. The van der Waals surface area contributed by atoms with Crippen molar-refractivity contribution in [3.63, 3.8) is 0 Å². The Bertz CT molecular complexity index is 1610. The van der Waals surface area contributed by atoms with E-state index in [1.165, 1.54) is 36.7 Å². The lowest BCUT2D eigenvalue weighted by atomic mass is 10.00. The number of allylic oxidation sites excluding steroid dienone is 1. The summed E-state index contributed by atoms with van der Waals surface area (Å²) < 4.78 is 28.3. The molecule has 0 radical (unpaired) electrons. The van der Waals surface area contributed by atoms with Crippen molar-refractivity contribution in [1.29, 1.82) is 5.26 Å². The maximum atomic E-state index is 15.0. The lowest BCUT2D eigenvalue weighted by molar-refractivity contribution is 0.0940. The Hall–Kier alpha value is -5.24. The molecule has 194 valence electrons. The number of hydrogen-bond acceptors (Lipinski definition) is 6. The predicted octanol–water partition coefficient (Wildman–Crippen LogP) is 4.29. The van der Waals surface area contributed by atoms with Gasteiger partial charge in [0, 0.05) is 24.5 Å². The summed E-state index contributed by atoms with van der Waals surface area (Å²) in [5.74, 6) is -0.836. The van der Waals surface area contributed by atoms with E-state index in [-0.39, 0.29) is 29.3 Å². The van der Waals surface area contributed by atoms with Crippen LogP contribution in [0.4, 0.5) is 19.4 Å². The fourth-order valence-corrected chi connectivity index (χ4v) is 4.16. The van der Waals surface area contributed by atoms with Gasteiger partial charge in [-0.15, -0.1) is 0 Å². The van der Waals surface area contributed by atoms with Crippen molar-refractivity contribution in [3.8, 4) is 6.07 Å². The average molecular weight is 526 g/mol. The van der Waals surface area contributed by atoms with Crippen molar-refractivity contribution in [1.82, 2.24) is 15.6 Å². The van der Waals surface area contributed by atoms with Gasteiger partial charge < -0.3 is 16.0 Å². The van der Waals surface area contributed by atoms with Crippen LogP contribution in [0.25, 0.3) is 5.57 Å². The smallest absolute Gasteiger partial charge is 0.343 e. The molecule has 1 aromatic heterocycles. The second-order valence-electron chi connectivity index (χ2n) is 8.92. The number of urea groups is 1. The molecule has 3 N–H and O–H groups in total. The molecule has 2 aliphatic heterocycles. The number of rotatable bonds is 7. The zero-order valence-corrected chi connectivity index (χ0v) is 20.6. The molecule has 3 heterocycles. The van der Waals surface area contributed by atoms with Crippen LogP contribution in [0.5, 0.6) is 0 Å². The van der Waals surface area contributed by atoms with E-state index in [1.54, 1.807) is 37.3 Å². The number of nitrogens with one attached hydrogen (secondary N) is 3. The Morgan fingerprint density at radius 1 is 1.18 bits per heavy atom. The van der Waals surface area contributed by atoms with Crippen molar-refractivity contribution in [3.05, 3.63) is 100 Å². The van der Waals surface area contributed by atoms with E-state index in [0.29, 0.717) is 28.1 Å². The van der Waals surface area contributed by atoms with Crippen molar-refractivity contribution in [2.45, 2.75) is 25.6 Å². The van der Waals surface area contributed by atoms with Gasteiger partial charge in [-0.2, -0.15) is 10.3 Å². The molecule has 0 saturated carbocycles. The number of fused-ring (bicyclic) bond motifs is 1. The van der Waals surface area contributed by atoms with Crippen molar-refractivity contribution >= 4 is 35.4 Å². The van der Waals surface area contributed by atoms with E-state index < -0.39 is 29.8 Å². The first kappa shape index (κ1) is 25.4. The van der Waals surface area contributed by atoms with Crippen LogP contribution in [0.3, 0.4) is 0 Å². The number of pyridine rings is 1. The highest BCUT2D eigenvalue weighted by Crippen LogP contribution is 2.23. The van der Waals surface area contributed by atoms with E-state index in [0.717, 1.165) is 0 Å². The first-order valence-electron chi connectivity index (χ1n) is 11.9. The van der Waals surface area contributed by atoms with Crippen LogP contribution in [-0.4, -0.2) is 35.0 Å². The van der Waals surface area contributed by atoms with Gasteiger partial charge >= 0.3 is 6.03 Å². The van der Waals surface area contributed by atoms with Crippen LogP contribution < -0.4 is 16.0 Å². The number of aliphatic imine (C=N–C) groups is 2. The number of nitriles is 1. The molecule has 3 amide bonds. The molecule has 3 aromatic rings. The van der Waals surface area contributed by atoms with E-state index in [2.05, 4.69) is 30.9 Å². The molecule has 9 nitrogen and oxygen atoms in total. The number of dihydropyridines is 1. The fourth-order valence-electron chi connectivity index (χ4n) is 4.16. The molecule has 2 aromatic carbocycles. The average Bonchev–Trinajstić information content (AvgIpc) is 3.31. The Labute approximate surface area is 222 Å². The predicted molar refractivity (Wildman–Crippen MR) is 141 cm³/mol. The minimum absolute atomic E-state index is 0.0153. The van der Waals surface area contributed by atoms with Crippen LogP contribution in [0.1, 0.15) is 45.6 Å². The van der Waals surface area contributed by atoms with Gasteiger partial charge in [0.15, 0.2) is 5.84 Å². The number of nitrogens with zero attached hydrogens (tertiary/aromatic N) is 4. The quantitative estimate of drug-likeness (QED) is 0.423. The van der Waals surface area contributed by atoms with Gasteiger partial charge in [-0.25, -0.2) is 23.6 Å². The summed E-state index contributed by atoms with van der Waals surface area (Å²) in [6.45, 7) is 1.76. The summed E-state index contributed by atoms with van der Waals surface area (Å²) in [6, 6.07) is 12.4. The van der Waals surface area contributed by atoms with Crippen LogP contribution in [0, 0.1) is 23.0 Å². The van der Waals surface area contributed by atoms with Crippen molar-refractivity contribution < 1.29 is 18.4 Å². The number of amidine groups is 1. The first-order valence-corrected chi connectivity index (χ1v) is 11.9. The summed E-state index contributed by atoms with van der Waals surface area (Å²) in [7, 11) is 0. The van der Waals surface area contributed by atoms with E-state index in [4.69, 9.17) is 0 Å². The van der Waals surface area contributed by atoms with Gasteiger partial charge in [-0.1, -0.05) is 24.3 Å². The summed E-state index contributed by atoms with van der Waals surface area (Å²) >= 11 is 0. The standard InChI is InChI=1S/C28H21F2N7O2/c1-15(17-4-6-21(29)7-5-17)35-27(38)22-8-16(11-31)12-32-25(22)33-13-19-3-2-18(9-23(19)30)20-10-24-26(34-14-20)37-28(39)36-24/h2-10,12,14-15,24H,13H2,1H3,(H,32,33)(H,35,38)(H,36,39)/t15-,24?/m0/s1. The third-order valence-electron chi connectivity index (χ3n) is 6.27.